The van der Waals surface area contributed by atoms with E-state index < -0.39 is 11.6 Å². The Kier molecular flexibility index (Phi) is 8.06. The zero-order chi connectivity index (χ0) is 24.7. The van der Waals surface area contributed by atoms with Crippen LogP contribution in [0.1, 0.15) is 30.0 Å². The maximum absolute atomic E-state index is 13.7. The number of rotatable bonds is 10. The molecule has 0 fully saturated rings. The zero-order valence-electron chi connectivity index (χ0n) is 19.6. The highest BCUT2D eigenvalue weighted by Gasteiger charge is 2.50. The Morgan fingerprint density at radius 2 is 1.80 bits per heavy atom. The standard InChI is InChI=1S/C28H29ClN2O4/c1-20-28(18-21-8-3-2-4-9-21,27(33)30-19-23-10-5-6-11-25(23)29)31-26(35-20)22-12-14-24(15-13-22)34-17-7-16-32/h2-6,8-15,20,32H,7,16-19H2,1H3,(H,30,33)/t20-,28-/m1/s1. The summed E-state index contributed by atoms with van der Waals surface area (Å²) >= 11 is 6.29. The molecule has 0 saturated carbocycles. The summed E-state index contributed by atoms with van der Waals surface area (Å²) < 4.78 is 11.8. The molecule has 0 bridgehead atoms. The predicted octanol–water partition coefficient (Wildman–Crippen LogP) is 4.56. The monoisotopic (exact) mass is 492 g/mol. The number of nitrogens with zero attached hydrogens (tertiary/aromatic N) is 1. The lowest BCUT2D eigenvalue weighted by molar-refractivity contribution is -0.128. The van der Waals surface area contributed by atoms with Gasteiger partial charge in [-0.15, -0.1) is 0 Å². The van der Waals surface area contributed by atoms with Crippen LogP contribution in [-0.4, -0.2) is 41.8 Å². The van der Waals surface area contributed by atoms with Gasteiger partial charge in [0.1, 0.15) is 11.9 Å². The number of aliphatic hydroxyl groups is 1. The van der Waals surface area contributed by atoms with Crippen molar-refractivity contribution < 1.29 is 19.4 Å². The highest BCUT2D eigenvalue weighted by Crippen LogP contribution is 2.33. The Bertz CT molecular complexity index is 1170. The van der Waals surface area contributed by atoms with Gasteiger partial charge < -0.3 is 19.9 Å². The minimum atomic E-state index is -1.13. The normalized spacial score (nSPS) is 19.1. The summed E-state index contributed by atoms with van der Waals surface area (Å²) in [6.45, 7) is 2.70. The van der Waals surface area contributed by atoms with Crippen molar-refractivity contribution in [1.29, 1.82) is 0 Å². The maximum Gasteiger partial charge on any atom is 0.252 e. The first kappa shape index (κ1) is 24.8. The van der Waals surface area contributed by atoms with Crippen LogP contribution in [0, 0.1) is 0 Å². The third kappa shape index (κ3) is 5.84. The molecule has 1 heterocycles. The molecule has 1 aliphatic rings. The Morgan fingerprint density at radius 3 is 2.51 bits per heavy atom. The highest BCUT2D eigenvalue weighted by atomic mass is 35.5. The second-order valence-corrected chi connectivity index (χ2v) is 8.89. The number of carbonyl (C=O) groups is 1. The molecule has 4 rings (SSSR count). The molecule has 0 radical (unpaired) electrons. The van der Waals surface area contributed by atoms with Crippen molar-refractivity contribution in [1.82, 2.24) is 5.32 Å². The summed E-state index contributed by atoms with van der Waals surface area (Å²) in [5.74, 6) is 0.901. The van der Waals surface area contributed by atoms with E-state index >= 15 is 0 Å². The van der Waals surface area contributed by atoms with E-state index in [1.54, 1.807) is 6.07 Å². The van der Waals surface area contributed by atoms with Crippen molar-refractivity contribution in [2.24, 2.45) is 4.99 Å². The zero-order valence-corrected chi connectivity index (χ0v) is 20.4. The number of hydrogen-bond donors (Lipinski definition) is 2. The predicted molar refractivity (Wildman–Crippen MR) is 137 cm³/mol. The molecule has 35 heavy (non-hydrogen) atoms. The molecule has 6 nitrogen and oxygen atoms in total. The van der Waals surface area contributed by atoms with Gasteiger partial charge in [-0.1, -0.05) is 60.1 Å². The number of hydrogen-bond acceptors (Lipinski definition) is 5. The summed E-state index contributed by atoms with van der Waals surface area (Å²) in [7, 11) is 0. The van der Waals surface area contributed by atoms with Crippen LogP contribution >= 0.6 is 11.6 Å². The van der Waals surface area contributed by atoms with Crippen LogP contribution in [0.15, 0.2) is 83.9 Å². The molecule has 0 unspecified atom stereocenters. The van der Waals surface area contributed by atoms with E-state index in [9.17, 15) is 4.79 Å². The van der Waals surface area contributed by atoms with E-state index in [0.717, 1.165) is 16.7 Å². The molecule has 2 atom stereocenters. The van der Waals surface area contributed by atoms with Crippen LogP contribution < -0.4 is 10.1 Å². The molecule has 3 aromatic rings. The van der Waals surface area contributed by atoms with E-state index in [0.29, 0.717) is 42.7 Å². The Hall–Kier alpha value is -3.35. The van der Waals surface area contributed by atoms with Crippen molar-refractivity contribution in [3.05, 3.63) is 101 Å². The second-order valence-electron chi connectivity index (χ2n) is 8.49. The number of nitrogens with one attached hydrogen (secondary N) is 1. The molecular weight excluding hydrogens is 464 g/mol. The van der Waals surface area contributed by atoms with E-state index in [4.69, 9.17) is 31.2 Å². The molecule has 7 heteroatoms. The highest BCUT2D eigenvalue weighted by molar-refractivity contribution is 6.31. The number of carbonyl (C=O) groups excluding carboxylic acids is 1. The molecule has 0 spiro atoms. The van der Waals surface area contributed by atoms with Crippen LogP contribution in [0.4, 0.5) is 0 Å². The lowest BCUT2D eigenvalue weighted by Crippen LogP contribution is -2.52. The Balaban J connectivity index is 1.59. The minimum absolute atomic E-state index is 0.0860. The summed E-state index contributed by atoms with van der Waals surface area (Å²) in [6, 6.07) is 24.6. The number of aliphatic hydroxyl groups excluding tert-OH is 1. The Morgan fingerprint density at radius 1 is 1.09 bits per heavy atom. The molecule has 1 aliphatic heterocycles. The molecule has 0 aromatic heterocycles. The van der Waals surface area contributed by atoms with Gasteiger partial charge in [-0.2, -0.15) is 0 Å². The van der Waals surface area contributed by atoms with Gasteiger partial charge in [0.2, 0.25) is 5.90 Å². The van der Waals surface area contributed by atoms with Crippen molar-refractivity contribution >= 4 is 23.4 Å². The van der Waals surface area contributed by atoms with Gasteiger partial charge >= 0.3 is 0 Å². The van der Waals surface area contributed by atoms with Crippen LogP contribution in [0.3, 0.4) is 0 Å². The fraction of sp³-hybridized carbons (Fsp3) is 0.286. The van der Waals surface area contributed by atoms with Crippen LogP contribution in [0.25, 0.3) is 0 Å². The summed E-state index contributed by atoms with van der Waals surface area (Å²) in [5.41, 5.74) is 1.47. The van der Waals surface area contributed by atoms with Crippen LogP contribution in [-0.2, 0) is 22.5 Å². The van der Waals surface area contributed by atoms with Crippen LogP contribution in [0.5, 0.6) is 5.75 Å². The third-order valence-corrected chi connectivity index (χ3v) is 6.41. The molecule has 3 aromatic carbocycles. The molecule has 1 amide bonds. The number of aliphatic imine (C=N–C) groups is 1. The average molecular weight is 493 g/mol. The fourth-order valence-electron chi connectivity index (χ4n) is 4.02. The van der Waals surface area contributed by atoms with Crippen LogP contribution in [0.2, 0.25) is 5.02 Å². The first-order valence-electron chi connectivity index (χ1n) is 11.7. The van der Waals surface area contributed by atoms with Gasteiger partial charge in [-0.25, -0.2) is 4.99 Å². The van der Waals surface area contributed by atoms with Gasteiger partial charge in [0.05, 0.1) is 6.61 Å². The maximum atomic E-state index is 13.7. The SMILES string of the molecule is C[C@H]1OC(c2ccc(OCCCO)cc2)=N[C@@]1(Cc1ccccc1)C(=O)NCc1ccccc1Cl. The van der Waals surface area contributed by atoms with Gasteiger partial charge in [0.15, 0.2) is 5.54 Å². The lowest BCUT2D eigenvalue weighted by Gasteiger charge is -2.28. The topological polar surface area (TPSA) is 80.2 Å². The van der Waals surface area contributed by atoms with Gasteiger partial charge in [-0.3, -0.25) is 4.79 Å². The van der Waals surface area contributed by atoms with Crippen molar-refractivity contribution in [2.45, 2.75) is 38.0 Å². The summed E-state index contributed by atoms with van der Waals surface area (Å²) in [4.78, 5) is 18.5. The molecule has 182 valence electrons. The molecular formula is C28H29ClN2O4. The van der Waals surface area contributed by atoms with Gasteiger partial charge in [0.25, 0.3) is 5.91 Å². The van der Waals surface area contributed by atoms with Crippen molar-refractivity contribution in [3.63, 3.8) is 0 Å². The van der Waals surface area contributed by atoms with E-state index in [2.05, 4.69) is 5.32 Å². The first-order chi connectivity index (χ1) is 17.0. The smallest absolute Gasteiger partial charge is 0.252 e. The van der Waals surface area contributed by atoms with Crippen molar-refractivity contribution in [2.75, 3.05) is 13.2 Å². The first-order valence-corrected chi connectivity index (χ1v) is 12.1. The minimum Gasteiger partial charge on any atom is -0.494 e. The second kappa shape index (κ2) is 11.4. The average Bonchev–Trinajstić information content (AvgIpc) is 3.21. The Labute approximate surface area is 210 Å². The van der Waals surface area contributed by atoms with E-state index in [1.165, 1.54) is 0 Å². The largest absolute Gasteiger partial charge is 0.494 e. The molecule has 0 saturated heterocycles. The quantitative estimate of drug-likeness (QED) is 0.406. The lowest BCUT2D eigenvalue weighted by atomic mass is 9.86. The number of amides is 1. The van der Waals surface area contributed by atoms with Gasteiger partial charge in [-0.05, 0) is 48.4 Å². The summed E-state index contributed by atoms with van der Waals surface area (Å²) in [6.07, 6.45) is 0.486. The van der Waals surface area contributed by atoms with Gasteiger partial charge in [0, 0.05) is 36.6 Å². The third-order valence-electron chi connectivity index (χ3n) is 6.04. The van der Waals surface area contributed by atoms with E-state index in [-0.39, 0.29) is 12.5 Å². The van der Waals surface area contributed by atoms with Crippen molar-refractivity contribution in [3.8, 4) is 5.75 Å². The van der Waals surface area contributed by atoms with E-state index in [1.807, 2.05) is 79.7 Å². The number of ether oxygens (including phenoxy) is 2. The number of halogens is 1. The molecule has 0 aliphatic carbocycles. The number of benzene rings is 3. The molecule has 2 N–H and O–H groups in total. The fourth-order valence-corrected chi connectivity index (χ4v) is 4.22. The summed E-state index contributed by atoms with van der Waals surface area (Å²) in [5, 5.41) is 12.6.